The Bertz CT molecular complexity index is 655. The fourth-order valence-electron chi connectivity index (χ4n) is 1.58. The molecule has 1 aromatic rings. The summed E-state index contributed by atoms with van der Waals surface area (Å²) in [5.74, 6) is -1.62. The third-order valence-electron chi connectivity index (χ3n) is 2.59. The molecular weight excluding hydrogens is 445 g/mol. The van der Waals surface area contributed by atoms with Crippen LogP contribution in [-0.4, -0.2) is 107 Å². The van der Waals surface area contributed by atoms with Crippen molar-refractivity contribution in [2.24, 2.45) is 0 Å². The first kappa shape index (κ1) is 23.1. The van der Waals surface area contributed by atoms with Crippen molar-refractivity contribution in [3.63, 3.8) is 0 Å². The Morgan fingerprint density at radius 3 is 2.04 bits per heavy atom. The molecule has 1 radical (unpaired) electrons. The maximum Gasteiger partial charge on any atom is 0.339 e. The molecule has 0 spiro atoms. The first-order chi connectivity index (χ1) is 10.3. The van der Waals surface area contributed by atoms with Gasteiger partial charge in [-0.15, -0.1) is 0 Å². The van der Waals surface area contributed by atoms with Gasteiger partial charge >= 0.3 is 11.9 Å². The Labute approximate surface area is 194 Å². The summed E-state index contributed by atoms with van der Waals surface area (Å²) in [5, 5.41) is 0. The SMILES string of the molecule is CCCOC(=O)c1ccc(C(=O)OCCC)c(S(=O)(=O)O)c1.[Cs]. The molecule has 0 saturated heterocycles. The Balaban J connectivity index is 0.00000484. The van der Waals surface area contributed by atoms with Gasteiger partial charge in [-0.1, -0.05) is 13.8 Å². The minimum atomic E-state index is -4.69. The quantitative estimate of drug-likeness (QED) is 0.485. The Kier molecular flexibility index (Phi) is 10.9. The smallest absolute Gasteiger partial charge is 0.339 e. The van der Waals surface area contributed by atoms with Gasteiger partial charge in [0.2, 0.25) is 0 Å². The van der Waals surface area contributed by atoms with Crippen LogP contribution in [0.25, 0.3) is 0 Å². The van der Waals surface area contributed by atoms with Gasteiger partial charge < -0.3 is 9.47 Å². The van der Waals surface area contributed by atoms with Crippen LogP contribution in [0.4, 0.5) is 0 Å². The molecular formula is C14H18CsO7S. The van der Waals surface area contributed by atoms with Crippen LogP contribution >= 0.6 is 0 Å². The van der Waals surface area contributed by atoms with E-state index in [0.29, 0.717) is 12.8 Å². The zero-order valence-corrected chi connectivity index (χ0v) is 20.5. The van der Waals surface area contributed by atoms with E-state index in [1.54, 1.807) is 6.92 Å². The maximum atomic E-state index is 11.8. The molecule has 0 aliphatic carbocycles. The molecule has 0 atom stereocenters. The Morgan fingerprint density at radius 2 is 1.57 bits per heavy atom. The van der Waals surface area contributed by atoms with Crippen molar-refractivity contribution in [2.45, 2.75) is 31.6 Å². The van der Waals surface area contributed by atoms with Crippen LogP contribution in [0, 0.1) is 0 Å². The number of benzene rings is 1. The fraction of sp³-hybridized carbons (Fsp3) is 0.429. The van der Waals surface area contributed by atoms with Crippen LogP contribution in [0.5, 0.6) is 0 Å². The van der Waals surface area contributed by atoms with Gasteiger partial charge in [0.1, 0.15) is 4.90 Å². The van der Waals surface area contributed by atoms with Gasteiger partial charge in [-0.05, 0) is 31.0 Å². The largest absolute Gasteiger partial charge is 0.462 e. The molecule has 0 aliphatic rings. The first-order valence-corrected chi connectivity index (χ1v) is 8.21. The molecule has 123 valence electrons. The molecule has 0 heterocycles. The molecule has 1 rings (SSSR count). The summed E-state index contributed by atoms with van der Waals surface area (Å²) in [4.78, 5) is 22.9. The van der Waals surface area contributed by atoms with Crippen LogP contribution < -0.4 is 0 Å². The molecule has 0 aliphatic heterocycles. The Morgan fingerprint density at radius 1 is 1.04 bits per heavy atom. The van der Waals surface area contributed by atoms with Crippen molar-refractivity contribution in [3.8, 4) is 0 Å². The number of hydrogen-bond donors (Lipinski definition) is 1. The maximum absolute atomic E-state index is 11.8. The Hall–Kier alpha value is 0.122. The molecule has 0 bridgehead atoms. The van der Waals surface area contributed by atoms with E-state index < -0.39 is 27.0 Å². The standard InChI is InChI=1S/C14H18O7S.Cs/c1-3-7-20-13(15)10-5-6-11(14(16)21-8-4-2)12(9-10)22(17,18)19;/h5-6,9H,3-4,7-8H2,1-2H3,(H,17,18,19);. The zero-order chi connectivity index (χ0) is 16.8. The average molecular weight is 463 g/mol. The van der Waals surface area contributed by atoms with E-state index >= 15 is 0 Å². The molecule has 1 N–H and O–H groups in total. The fourth-order valence-corrected chi connectivity index (χ4v) is 2.29. The molecule has 0 aromatic heterocycles. The van der Waals surface area contributed by atoms with Crippen LogP contribution in [0.1, 0.15) is 47.4 Å². The monoisotopic (exact) mass is 463 g/mol. The van der Waals surface area contributed by atoms with Crippen molar-refractivity contribution in [2.75, 3.05) is 13.2 Å². The average Bonchev–Trinajstić information content (AvgIpc) is 2.48. The van der Waals surface area contributed by atoms with Gasteiger partial charge in [0.15, 0.2) is 0 Å². The van der Waals surface area contributed by atoms with E-state index in [-0.39, 0.29) is 93.2 Å². The van der Waals surface area contributed by atoms with E-state index in [9.17, 15) is 22.6 Å². The molecule has 0 fully saturated rings. The summed E-state index contributed by atoms with van der Waals surface area (Å²) in [7, 11) is -4.69. The summed E-state index contributed by atoms with van der Waals surface area (Å²) < 4.78 is 41.8. The second kappa shape index (κ2) is 10.9. The summed E-state index contributed by atoms with van der Waals surface area (Å²) >= 11 is 0. The number of esters is 2. The molecule has 0 unspecified atom stereocenters. The van der Waals surface area contributed by atoms with Crippen LogP contribution in [0.3, 0.4) is 0 Å². The zero-order valence-electron chi connectivity index (χ0n) is 13.4. The van der Waals surface area contributed by atoms with Crippen molar-refractivity contribution < 1.29 is 32.0 Å². The summed E-state index contributed by atoms with van der Waals surface area (Å²) in [6.45, 7) is 3.89. The van der Waals surface area contributed by atoms with Crippen molar-refractivity contribution in [1.82, 2.24) is 0 Å². The van der Waals surface area contributed by atoms with E-state index in [1.165, 1.54) is 6.07 Å². The predicted octanol–water partition coefficient (Wildman–Crippen LogP) is 1.69. The predicted molar refractivity (Wildman–Crippen MR) is 83.2 cm³/mol. The second-order valence-electron chi connectivity index (χ2n) is 4.46. The molecule has 23 heavy (non-hydrogen) atoms. The summed E-state index contributed by atoms with van der Waals surface area (Å²) in [6.07, 6.45) is 1.17. The van der Waals surface area contributed by atoms with Crippen molar-refractivity contribution >= 4 is 91.0 Å². The molecule has 7 nitrogen and oxygen atoms in total. The van der Waals surface area contributed by atoms with Crippen LogP contribution in [0.15, 0.2) is 23.1 Å². The number of carbonyl (C=O) groups is 2. The topological polar surface area (TPSA) is 107 Å². The summed E-state index contributed by atoms with van der Waals surface area (Å²) in [6, 6.07) is 3.26. The molecule has 0 amide bonds. The van der Waals surface area contributed by atoms with Gasteiger partial charge in [0.05, 0.1) is 24.3 Å². The van der Waals surface area contributed by atoms with E-state index in [1.807, 2.05) is 6.92 Å². The van der Waals surface area contributed by atoms with Gasteiger partial charge in [0.25, 0.3) is 10.1 Å². The molecule has 9 heteroatoms. The van der Waals surface area contributed by atoms with Crippen LogP contribution in [-0.2, 0) is 19.6 Å². The first-order valence-electron chi connectivity index (χ1n) is 6.77. The minimum Gasteiger partial charge on any atom is -0.462 e. The minimum absolute atomic E-state index is 0. The normalized spacial score (nSPS) is 10.6. The summed E-state index contributed by atoms with van der Waals surface area (Å²) in [5.41, 5.74) is -0.406. The van der Waals surface area contributed by atoms with Gasteiger partial charge in [0, 0.05) is 68.9 Å². The van der Waals surface area contributed by atoms with Gasteiger partial charge in [-0.25, -0.2) is 9.59 Å². The number of carbonyl (C=O) groups excluding carboxylic acids is 2. The van der Waals surface area contributed by atoms with Crippen molar-refractivity contribution in [1.29, 1.82) is 0 Å². The van der Waals surface area contributed by atoms with Gasteiger partial charge in [-0.2, -0.15) is 8.42 Å². The third-order valence-corrected chi connectivity index (χ3v) is 3.48. The van der Waals surface area contributed by atoms with Crippen molar-refractivity contribution in [3.05, 3.63) is 29.3 Å². The van der Waals surface area contributed by atoms with E-state index in [0.717, 1.165) is 12.1 Å². The second-order valence-corrected chi connectivity index (χ2v) is 5.85. The van der Waals surface area contributed by atoms with Gasteiger partial charge in [-0.3, -0.25) is 4.55 Å². The van der Waals surface area contributed by atoms with E-state index in [2.05, 4.69) is 0 Å². The molecule has 0 saturated carbocycles. The third kappa shape index (κ3) is 7.26. The number of ether oxygens (including phenoxy) is 2. The molecule has 1 aromatic carbocycles. The van der Waals surface area contributed by atoms with E-state index in [4.69, 9.17) is 9.47 Å². The van der Waals surface area contributed by atoms with Crippen LogP contribution in [0.2, 0.25) is 0 Å². The number of rotatable bonds is 7. The number of hydrogen-bond acceptors (Lipinski definition) is 6.